The van der Waals surface area contributed by atoms with Crippen molar-refractivity contribution in [3.05, 3.63) is 0 Å². The number of hydrogen-bond donors (Lipinski definition) is 1. The smallest absolute Gasteiger partial charge is 0.302 e. The number of nitrogens with zero attached hydrogens (tertiary/aromatic N) is 12. The van der Waals surface area contributed by atoms with Crippen LogP contribution in [0.5, 0.6) is 0 Å². The Labute approximate surface area is 541 Å². The van der Waals surface area contributed by atoms with Crippen LogP contribution < -0.4 is 0 Å². The quantitative estimate of drug-likeness (QED) is 0.0721. The molecule has 1 N–H and O–H groups in total. The van der Waals surface area contributed by atoms with E-state index >= 15 is 0 Å². The normalized spacial score (nSPS) is 18.3. The second-order valence-corrected chi connectivity index (χ2v) is 26.2. The van der Waals surface area contributed by atoms with Crippen LogP contribution in [-0.2, 0) is 9.53 Å². The minimum atomic E-state index is -0.179. The van der Waals surface area contributed by atoms with Gasteiger partial charge >= 0.3 is 5.97 Å². The van der Waals surface area contributed by atoms with Crippen molar-refractivity contribution in [3.8, 4) is 0 Å². The van der Waals surface area contributed by atoms with Gasteiger partial charge < -0.3 is 58.8 Å². The standard InChI is InChI=1S/C12H24N2O2.C10H22N2O.C9H20N2.C8H17N.C8H19N.C7H17N.2C6H15N.C5H13N/c1-3-4-5-13-6-8-14(9-7-13)10-11-16-12(2)15;1-2-3-4-11-5-7-12(8-6-11)9-10-13;1-3-4-5-11-8-6-10(2)7-9-11;1-3-8-5-4-6-9(2)7-8;1-5-8(4)9(6-2)7-3;1-5-7(2)6-8(3)4;1-5-6(2)7(3)4;1-4-5-6-7(2)3;1-4-5-6(2)3/h3-11H2,1-2H3;13H,2-10H2,1H3;3-9H2,1-2H3;8H,3-7H2,1-2H3;8H,5-7H2,1-4H3;7H,5-6H2,1-4H3;6H,5H2,1-4H3;4-6H2,1-3H3;4-5H2,1-3H3. The first-order valence-electron chi connectivity index (χ1n) is 36.0. The molecule has 0 bridgehead atoms. The summed E-state index contributed by atoms with van der Waals surface area (Å²) in [5.74, 6) is 1.66. The van der Waals surface area contributed by atoms with Crippen molar-refractivity contribution in [2.45, 2.75) is 212 Å². The van der Waals surface area contributed by atoms with E-state index in [-0.39, 0.29) is 5.97 Å². The lowest BCUT2D eigenvalue weighted by molar-refractivity contribution is -0.141. The van der Waals surface area contributed by atoms with Gasteiger partial charge in [0.25, 0.3) is 0 Å². The van der Waals surface area contributed by atoms with Gasteiger partial charge in [-0.05, 0) is 206 Å². The van der Waals surface area contributed by atoms with Crippen LogP contribution >= 0.6 is 0 Å². The zero-order valence-electron chi connectivity index (χ0n) is 63.4. The van der Waals surface area contributed by atoms with Gasteiger partial charge in [-0.3, -0.25) is 14.6 Å². The Hall–Kier alpha value is -1.05. The second kappa shape index (κ2) is 68.3. The first-order chi connectivity index (χ1) is 40.9. The number of piperidine rings is 1. The molecular weight excluding hydrogens is 1070 g/mol. The van der Waals surface area contributed by atoms with E-state index in [0.29, 0.717) is 13.2 Å². The maximum absolute atomic E-state index is 10.6. The summed E-state index contributed by atoms with van der Waals surface area (Å²) in [6.07, 6.45) is 19.8. The predicted molar refractivity (Wildman–Crippen MR) is 385 cm³/mol. The summed E-state index contributed by atoms with van der Waals surface area (Å²) >= 11 is 0. The molecule has 4 unspecified atom stereocenters. The van der Waals surface area contributed by atoms with Gasteiger partial charge in [0.1, 0.15) is 6.61 Å². The molecule has 4 aliphatic heterocycles. The largest absolute Gasteiger partial charge is 0.465 e. The van der Waals surface area contributed by atoms with Gasteiger partial charge in [-0.2, -0.15) is 0 Å². The van der Waals surface area contributed by atoms with Crippen LogP contribution in [0.25, 0.3) is 0 Å². The Kier molecular flexibility index (Phi) is 74.4. The summed E-state index contributed by atoms with van der Waals surface area (Å²) in [6.45, 7) is 62.0. The lowest BCUT2D eigenvalue weighted by Crippen LogP contribution is -2.47. The number of unbranched alkanes of at least 4 members (excludes halogenated alkanes) is 4. The highest BCUT2D eigenvalue weighted by Crippen LogP contribution is 2.17. The number of likely N-dealkylation sites (tertiary alicyclic amines) is 1. The van der Waals surface area contributed by atoms with Crippen LogP contribution in [0.2, 0.25) is 0 Å². The van der Waals surface area contributed by atoms with E-state index in [0.717, 1.165) is 76.3 Å². The molecule has 4 heterocycles. The van der Waals surface area contributed by atoms with Gasteiger partial charge in [0.2, 0.25) is 0 Å². The van der Waals surface area contributed by atoms with E-state index in [1.807, 2.05) is 0 Å². The number of likely N-dealkylation sites (N-methyl/N-ethyl adjacent to an activating group) is 1. The Morgan fingerprint density at radius 2 is 0.895 bits per heavy atom. The maximum atomic E-state index is 10.6. The monoisotopic (exact) mass is 1230 g/mol. The number of rotatable bonds is 29. The van der Waals surface area contributed by atoms with Crippen molar-refractivity contribution in [1.82, 2.24) is 58.8 Å². The van der Waals surface area contributed by atoms with Gasteiger partial charge in [0.15, 0.2) is 0 Å². The number of piperazine rings is 3. The number of aliphatic hydroxyl groups excluding tert-OH is 1. The van der Waals surface area contributed by atoms with Gasteiger partial charge in [0.05, 0.1) is 6.61 Å². The number of aliphatic hydroxyl groups is 1. The molecule has 0 amide bonds. The molecule has 0 aromatic rings. The van der Waals surface area contributed by atoms with E-state index in [2.05, 4.69) is 226 Å². The van der Waals surface area contributed by atoms with E-state index in [4.69, 9.17) is 9.84 Å². The van der Waals surface area contributed by atoms with Crippen LogP contribution in [-0.4, -0.2) is 323 Å². The average Bonchev–Trinajstić information content (AvgIpc) is 3.55. The van der Waals surface area contributed by atoms with E-state index in [9.17, 15) is 4.79 Å². The Morgan fingerprint density at radius 3 is 1.13 bits per heavy atom. The number of carbonyl (C=O) groups excluding carboxylic acids is 1. The van der Waals surface area contributed by atoms with Crippen molar-refractivity contribution >= 4 is 5.97 Å². The summed E-state index contributed by atoms with van der Waals surface area (Å²) in [7, 11) is 21.3. The van der Waals surface area contributed by atoms with Crippen LogP contribution in [0.1, 0.15) is 200 Å². The van der Waals surface area contributed by atoms with Crippen molar-refractivity contribution < 1.29 is 14.6 Å². The molecule has 15 heteroatoms. The van der Waals surface area contributed by atoms with Crippen LogP contribution in [0, 0.1) is 11.8 Å². The molecule has 0 aliphatic carbocycles. The van der Waals surface area contributed by atoms with Crippen molar-refractivity contribution in [1.29, 1.82) is 0 Å². The minimum absolute atomic E-state index is 0.179. The van der Waals surface area contributed by atoms with Gasteiger partial charge in [0, 0.05) is 124 Å². The Balaban J connectivity index is -0.000000291. The van der Waals surface area contributed by atoms with Gasteiger partial charge in [-0.25, -0.2) is 0 Å². The van der Waals surface area contributed by atoms with Gasteiger partial charge in [-0.1, -0.05) is 122 Å². The summed E-state index contributed by atoms with van der Waals surface area (Å²) in [5, 5.41) is 8.77. The Bertz CT molecular complexity index is 1290. The molecule has 0 spiro atoms. The topological polar surface area (TPSA) is 85.4 Å². The third kappa shape index (κ3) is 67.3. The predicted octanol–water partition coefficient (Wildman–Crippen LogP) is 11.5. The number of hydrogen-bond acceptors (Lipinski definition) is 15. The van der Waals surface area contributed by atoms with Crippen LogP contribution in [0.3, 0.4) is 0 Å². The van der Waals surface area contributed by atoms with Crippen molar-refractivity contribution in [2.75, 3.05) is 241 Å². The minimum Gasteiger partial charge on any atom is -0.465 e. The highest BCUT2D eigenvalue weighted by molar-refractivity contribution is 5.65. The fraction of sp³-hybridized carbons (Fsp3) is 0.986. The number of ether oxygens (including phenoxy) is 1. The highest BCUT2D eigenvalue weighted by atomic mass is 16.5. The lowest BCUT2D eigenvalue weighted by Gasteiger charge is -2.34. The first kappa shape index (κ1) is 93.7. The number of carbonyl (C=O) groups is 1. The van der Waals surface area contributed by atoms with Crippen LogP contribution in [0.15, 0.2) is 0 Å². The molecular formula is C71H162N12O3. The molecule has 0 aromatic heterocycles. The molecule has 0 saturated carbocycles. The third-order valence-corrected chi connectivity index (χ3v) is 16.9. The number of esters is 1. The SMILES string of the molecule is CCC(C)CN(C)C.CCC(C)N(C)C.CCC(C)N(CC)CC.CCC1CCCN(C)C1.CCCCN(C)C.CCCCN1CCN(C)CC1.CCCCN1CCN(CCO)CC1.CCCCN1CCN(CCOC(C)=O)CC1.CCCN(C)C. The molecule has 524 valence electrons. The Morgan fingerprint density at radius 1 is 0.488 bits per heavy atom. The molecule has 4 saturated heterocycles. The fourth-order valence-electron chi connectivity index (χ4n) is 9.90. The summed E-state index contributed by atoms with van der Waals surface area (Å²) < 4.78 is 4.94. The first-order valence-corrected chi connectivity index (χ1v) is 36.0. The molecule has 0 aromatic carbocycles. The third-order valence-electron chi connectivity index (χ3n) is 16.9. The van der Waals surface area contributed by atoms with Crippen LogP contribution in [0.4, 0.5) is 0 Å². The summed E-state index contributed by atoms with van der Waals surface area (Å²) in [6, 6.07) is 1.50. The maximum Gasteiger partial charge on any atom is 0.302 e. The lowest BCUT2D eigenvalue weighted by atomic mass is 9.96. The summed E-state index contributed by atoms with van der Waals surface area (Å²) in [5.41, 5.74) is 0. The van der Waals surface area contributed by atoms with Crippen molar-refractivity contribution in [2.24, 2.45) is 11.8 Å². The molecule has 0 radical (unpaired) electrons. The second-order valence-electron chi connectivity index (χ2n) is 26.2. The van der Waals surface area contributed by atoms with E-state index in [1.165, 1.54) is 208 Å². The zero-order valence-corrected chi connectivity index (χ0v) is 63.4. The zero-order chi connectivity index (χ0) is 66.5. The molecule has 4 atom stereocenters. The average molecular weight is 1230 g/mol. The van der Waals surface area contributed by atoms with Crippen molar-refractivity contribution in [3.63, 3.8) is 0 Å². The van der Waals surface area contributed by atoms with Gasteiger partial charge in [-0.15, -0.1) is 0 Å². The molecule has 4 rings (SSSR count). The number of β-amino-alcohol motifs (C(OH)–C–C–N with tert-alkyl or cyclic N) is 1. The van der Waals surface area contributed by atoms with E-state index in [1.54, 1.807) is 0 Å². The summed E-state index contributed by atoms with van der Waals surface area (Å²) in [4.78, 5) is 39.1. The van der Waals surface area contributed by atoms with E-state index < -0.39 is 0 Å². The highest BCUT2D eigenvalue weighted by Gasteiger charge is 2.18. The molecule has 4 aliphatic rings. The molecule has 4 fully saturated rings. The molecule has 86 heavy (non-hydrogen) atoms. The fourth-order valence-corrected chi connectivity index (χ4v) is 9.90. The molecule has 15 nitrogen and oxygen atoms in total.